The first-order valence-corrected chi connectivity index (χ1v) is 16.8. The molecule has 0 radical (unpaired) electrons. The summed E-state index contributed by atoms with van der Waals surface area (Å²) in [5.74, 6) is 0.232. The van der Waals surface area contributed by atoms with Gasteiger partial charge in [0.15, 0.2) is 5.82 Å². The zero-order valence-corrected chi connectivity index (χ0v) is 27.8. The number of ether oxygens (including phenoxy) is 1. The van der Waals surface area contributed by atoms with Gasteiger partial charge >= 0.3 is 6.01 Å². The van der Waals surface area contributed by atoms with Gasteiger partial charge in [-0.25, -0.2) is 8.78 Å². The molecule has 7 rings (SSSR count). The molecule has 2 atom stereocenters. The van der Waals surface area contributed by atoms with E-state index in [1.807, 2.05) is 11.8 Å². The third kappa shape index (κ3) is 5.94. The Balaban J connectivity index is 1.39. The van der Waals surface area contributed by atoms with Gasteiger partial charge in [0, 0.05) is 30.2 Å². The summed E-state index contributed by atoms with van der Waals surface area (Å²) in [6, 6.07) is 7.82. The highest BCUT2D eigenvalue weighted by atomic mass is 19.1. The summed E-state index contributed by atoms with van der Waals surface area (Å²) in [7, 11) is 0. The van der Waals surface area contributed by atoms with E-state index in [9.17, 15) is 19.6 Å². The molecule has 0 bridgehead atoms. The molecule has 2 aromatic carbocycles. The molecule has 10 nitrogen and oxygen atoms in total. The van der Waals surface area contributed by atoms with E-state index in [1.54, 1.807) is 6.08 Å². The number of pyridine rings is 1. The lowest BCUT2D eigenvalue weighted by Crippen LogP contribution is -2.43. The van der Waals surface area contributed by atoms with Crippen molar-refractivity contribution in [3.8, 4) is 41.4 Å². The average molecular weight is 678 g/mol. The summed E-state index contributed by atoms with van der Waals surface area (Å²) >= 11 is 0. The molecule has 3 aliphatic heterocycles. The highest BCUT2D eigenvalue weighted by molar-refractivity contribution is 6.03. The number of hydrogen-bond donors (Lipinski definition) is 2. The summed E-state index contributed by atoms with van der Waals surface area (Å²) in [5.41, 5.74) is 4.37. The molecule has 256 valence electrons. The van der Waals surface area contributed by atoms with Crippen molar-refractivity contribution >= 4 is 33.4 Å². The molecule has 3 aliphatic rings. The van der Waals surface area contributed by atoms with E-state index in [4.69, 9.17) is 21.9 Å². The minimum absolute atomic E-state index is 0.00989. The highest BCUT2D eigenvalue weighted by Gasteiger charge is 2.45. The van der Waals surface area contributed by atoms with Crippen molar-refractivity contribution in [2.75, 3.05) is 37.7 Å². The molecule has 0 spiro atoms. The first-order valence-electron chi connectivity index (χ1n) is 16.8. The van der Waals surface area contributed by atoms with Gasteiger partial charge in [-0.1, -0.05) is 18.1 Å². The van der Waals surface area contributed by atoms with Gasteiger partial charge < -0.3 is 20.5 Å². The van der Waals surface area contributed by atoms with E-state index >= 15 is 4.39 Å². The number of phenols is 1. The number of carbonyl (C=O) groups excluding carboxylic acids is 1. The fraction of sp³-hybridized carbons (Fsp3) is 0.395. The lowest BCUT2D eigenvalue weighted by atomic mass is 9.80. The number of hydrogen-bond acceptors (Lipinski definition) is 9. The predicted molar refractivity (Wildman–Crippen MR) is 185 cm³/mol. The van der Waals surface area contributed by atoms with Gasteiger partial charge in [-0.2, -0.15) is 15.2 Å². The van der Waals surface area contributed by atoms with Crippen molar-refractivity contribution in [1.29, 1.82) is 5.26 Å². The van der Waals surface area contributed by atoms with Crippen LogP contribution >= 0.6 is 0 Å². The number of anilines is 1. The number of phenolic OH excluding ortho intramolecular Hbond substituents is 1. The number of aromatic nitrogens is 3. The van der Waals surface area contributed by atoms with Crippen LogP contribution < -0.4 is 15.4 Å². The number of rotatable bonds is 7. The van der Waals surface area contributed by atoms with E-state index in [-0.39, 0.29) is 50.9 Å². The summed E-state index contributed by atoms with van der Waals surface area (Å²) in [6.07, 6.45) is 15.2. The fourth-order valence-corrected chi connectivity index (χ4v) is 8.08. The lowest BCUT2D eigenvalue weighted by Gasteiger charge is -2.31. The van der Waals surface area contributed by atoms with E-state index in [0.717, 1.165) is 38.8 Å². The number of halogens is 2. The SMILES string of the molecule is C#Cc1c(F)ccc2cc(O)cc(-c3ncc4c(N5CC[C@@](C)(C#N)C[C@H](C=CC(N)=O)C5)nc(OCC56CCCN5CCC6)nc4c3F)c12. The van der Waals surface area contributed by atoms with Crippen LogP contribution in [0.2, 0.25) is 0 Å². The summed E-state index contributed by atoms with van der Waals surface area (Å²) in [6.45, 7) is 4.98. The fourth-order valence-electron chi connectivity index (χ4n) is 8.08. The molecule has 4 aromatic rings. The first kappa shape index (κ1) is 33.2. The molecule has 0 saturated carbocycles. The van der Waals surface area contributed by atoms with Crippen molar-refractivity contribution in [3.05, 3.63) is 59.8 Å². The van der Waals surface area contributed by atoms with Gasteiger partial charge in [-0.3, -0.25) is 14.7 Å². The van der Waals surface area contributed by atoms with Crippen LogP contribution in [-0.2, 0) is 4.79 Å². The number of nitrogens with zero attached hydrogens (tertiary/aromatic N) is 6. The van der Waals surface area contributed by atoms with Crippen LogP contribution in [0.4, 0.5) is 14.6 Å². The summed E-state index contributed by atoms with van der Waals surface area (Å²) < 4.78 is 38.3. The van der Waals surface area contributed by atoms with Gasteiger partial charge in [0.1, 0.15) is 35.2 Å². The molecule has 0 unspecified atom stereocenters. The Bertz CT molecular complexity index is 2130. The maximum atomic E-state index is 17.0. The molecule has 3 saturated heterocycles. The Kier molecular flexibility index (Phi) is 8.53. The summed E-state index contributed by atoms with van der Waals surface area (Å²) in [4.78, 5) is 30.0. The number of aromatic hydroxyl groups is 1. The highest BCUT2D eigenvalue weighted by Crippen LogP contribution is 2.42. The average Bonchev–Trinajstić information content (AvgIpc) is 3.63. The van der Waals surface area contributed by atoms with Crippen molar-refractivity contribution in [3.63, 3.8) is 0 Å². The Morgan fingerprint density at radius 2 is 1.98 bits per heavy atom. The summed E-state index contributed by atoms with van der Waals surface area (Å²) in [5, 5.41) is 21.6. The second-order valence-corrected chi connectivity index (χ2v) is 14.0. The Labute approximate surface area is 288 Å². The van der Waals surface area contributed by atoms with Crippen molar-refractivity contribution in [1.82, 2.24) is 19.9 Å². The number of amides is 1. The van der Waals surface area contributed by atoms with Crippen molar-refractivity contribution in [2.24, 2.45) is 17.1 Å². The molecule has 5 heterocycles. The van der Waals surface area contributed by atoms with Crippen LogP contribution in [0, 0.1) is 46.6 Å². The van der Waals surface area contributed by atoms with Gasteiger partial charge in [0.05, 0.1) is 28.0 Å². The first-order chi connectivity index (χ1) is 24.0. The monoisotopic (exact) mass is 677 g/mol. The normalized spacial score (nSPS) is 22.0. The second-order valence-electron chi connectivity index (χ2n) is 14.0. The van der Waals surface area contributed by atoms with E-state index in [1.165, 1.54) is 36.5 Å². The lowest BCUT2D eigenvalue weighted by molar-refractivity contribution is -0.113. The number of primary amides is 1. The van der Waals surface area contributed by atoms with Gasteiger partial charge in [0.25, 0.3) is 0 Å². The van der Waals surface area contributed by atoms with Crippen LogP contribution in [0.15, 0.2) is 42.6 Å². The molecular weight excluding hydrogens is 640 g/mol. The van der Waals surface area contributed by atoms with E-state index < -0.39 is 23.0 Å². The zero-order valence-electron chi connectivity index (χ0n) is 27.8. The molecule has 50 heavy (non-hydrogen) atoms. The van der Waals surface area contributed by atoms with E-state index in [2.05, 4.69) is 26.9 Å². The number of nitrogens with two attached hydrogens (primary N) is 1. The van der Waals surface area contributed by atoms with Gasteiger partial charge in [0.2, 0.25) is 5.91 Å². The maximum Gasteiger partial charge on any atom is 0.319 e. The van der Waals surface area contributed by atoms with Gasteiger partial charge in [-0.05, 0) is 94.1 Å². The van der Waals surface area contributed by atoms with Gasteiger partial charge in [-0.15, -0.1) is 6.42 Å². The standard InChI is InChI=1S/C38H37F2N7O3/c1-3-26-29(39)8-7-24-16-25(48)17-27(31(24)26)33-32(40)34-28(19-43-33)35(45-36(44-34)50-22-38-10-4-13-47(38)14-5-11-38)46-15-12-37(2,21-41)18-23(20-46)6-9-30(42)49/h1,6-9,16-17,19,23,48H,4-5,10-15,18,20,22H2,2H3,(H2,42,49)/t23-,37+/m0/s1. The molecule has 1 amide bonds. The minimum Gasteiger partial charge on any atom is -0.508 e. The topological polar surface area (TPSA) is 141 Å². The molecule has 2 aromatic heterocycles. The third-order valence-corrected chi connectivity index (χ3v) is 10.6. The van der Waals surface area contributed by atoms with Crippen LogP contribution in [0.5, 0.6) is 11.8 Å². The van der Waals surface area contributed by atoms with Crippen molar-refractivity contribution in [2.45, 2.75) is 51.0 Å². The number of nitriles is 1. The van der Waals surface area contributed by atoms with E-state index in [0.29, 0.717) is 49.1 Å². The molecule has 12 heteroatoms. The van der Waals surface area contributed by atoms with Crippen LogP contribution in [0.25, 0.3) is 32.9 Å². The quantitative estimate of drug-likeness (QED) is 0.189. The minimum atomic E-state index is -0.821. The number of terminal acetylenes is 1. The Morgan fingerprint density at radius 1 is 1.20 bits per heavy atom. The molecular formula is C38H37F2N7O3. The smallest absolute Gasteiger partial charge is 0.319 e. The van der Waals surface area contributed by atoms with Crippen molar-refractivity contribution < 1.29 is 23.4 Å². The number of fused-ring (bicyclic) bond motifs is 3. The molecule has 3 fully saturated rings. The zero-order chi connectivity index (χ0) is 35.2. The Morgan fingerprint density at radius 3 is 2.70 bits per heavy atom. The largest absolute Gasteiger partial charge is 0.508 e. The Hall–Kier alpha value is -5.33. The number of benzene rings is 2. The number of carbonyl (C=O) groups is 1. The molecule has 0 aliphatic carbocycles. The maximum absolute atomic E-state index is 17.0. The predicted octanol–water partition coefficient (Wildman–Crippen LogP) is 5.61. The second kappa shape index (κ2) is 12.8. The van der Waals surface area contributed by atoms with Crippen LogP contribution in [-0.4, -0.2) is 69.2 Å². The van der Waals surface area contributed by atoms with Crippen LogP contribution in [0.3, 0.4) is 0 Å². The third-order valence-electron chi connectivity index (χ3n) is 10.6. The van der Waals surface area contributed by atoms with Crippen LogP contribution in [0.1, 0.15) is 51.0 Å². The molecule has 3 N–H and O–H groups in total.